The number of aromatic amines is 1. The van der Waals surface area contributed by atoms with Crippen LogP contribution in [0.4, 0.5) is 4.79 Å². The number of alkyl carbamates (subject to hydrolysis) is 1. The molecule has 0 saturated carbocycles. The topological polar surface area (TPSA) is 107 Å². The molecule has 136 valence electrons. The summed E-state index contributed by atoms with van der Waals surface area (Å²) in [4.78, 5) is 11.7. The minimum absolute atomic E-state index is 0.127. The summed E-state index contributed by atoms with van der Waals surface area (Å²) in [5, 5.41) is 30.7. The summed E-state index contributed by atoms with van der Waals surface area (Å²) < 4.78 is 5.08. The standard InChI is InChI=1S/C19H21N3O4/c1-12-7-16-14(9-21-22-16)8-15(12)18(24)17(23)10-20-19(25)26-11-13-5-3-2-4-6-13/h2-9,17-18,23-24H,10-11H2,1H3,(H,20,25)(H,21,22). The number of benzene rings is 2. The highest BCUT2D eigenvalue weighted by Crippen LogP contribution is 2.25. The van der Waals surface area contributed by atoms with E-state index in [1.54, 1.807) is 12.3 Å². The lowest BCUT2D eigenvalue weighted by Gasteiger charge is -2.20. The van der Waals surface area contributed by atoms with Crippen molar-refractivity contribution in [1.82, 2.24) is 15.5 Å². The van der Waals surface area contributed by atoms with Crippen LogP contribution in [0.1, 0.15) is 22.8 Å². The molecule has 3 rings (SSSR count). The number of rotatable bonds is 6. The maximum atomic E-state index is 11.7. The molecule has 7 nitrogen and oxygen atoms in total. The molecule has 2 unspecified atom stereocenters. The van der Waals surface area contributed by atoms with Crippen LogP contribution in [0.3, 0.4) is 0 Å². The van der Waals surface area contributed by atoms with Gasteiger partial charge >= 0.3 is 6.09 Å². The smallest absolute Gasteiger partial charge is 0.407 e. The Bertz CT molecular complexity index is 879. The lowest BCUT2D eigenvalue weighted by Crippen LogP contribution is -2.36. The Labute approximate surface area is 150 Å². The number of ether oxygens (including phenoxy) is 1. The van der Waals surface area contributed by atoms with Gasteiger partial charge in [0.15, 0.2) is 0 Å². The van der Waals surface area contributed by atoms with Crippen LogP contribution in [-0.4, -0.2) is 39.2 Å². The second-order valence-electron chi connectivity index (χ2n) is 6.12. The Morgan fingerprint density at radius 3 is 2.81 bits per heavy atom. The highest BCUT2D eigenvalue weighted by Gasteiger charge is 2.21. The summed E-state index contributed by atoms with van der Waals surface area (Å²) in [5.74, 6) is 0. The number of amides is 1. The first-order valence-electron chi connectivity index (χ1n) is 8.29. The summed E-state index contributed by atoms with van der Waals surface area (Å²) in [6, 6.07) is 12.9. The predicted molar refractivity (Wildman–Crippen MR) is 96.4 cm³/mol. The van der Waals surface area contributed by atoms with E-state index in [9.17, 15) is 15.0 Å². The number of aryl methyl sites for hydroxylation is 1. The molecule has 1 amide bonds. The van der Waals surface area contributed by atoms with E-state index in [-0.39, 0.29) is 13.2 Å². The molecule has 2 atom stereocenters. The fourth-order valence-electron chi connectivity index (χ4n) is 2.72. The van der Waals surface area contributed by atoms with Gasteiger partial charge in [-0.1, -0.05) is 30.3 Å². The molecule has 3 aromatic rings. The largest absolute Gasteiger partial charge is 0.445 e. The van der Waals surface area contributed by atoms with Crippen LogP contribution in [0.25, 0.3) is 10.9 Å². The summed E-state index contributed by atoms with van der Waals surface area (Å²) in [6.07, 6.45) is -1.30. The summed E-state index contributed by atoms with van der Waals surface area (Å²) >= 11 is 0. The zero-order valence-electron chi connectivity index (χ0n) is 14.3. The van der Waals surface area contributed by atoms with E-state index < -0.39 is 18.3 Å². The SMILES string of the molecule is Cc1cc2[nH]ncc2cc1C(O)C(O)CNC(=O)OCc1ccccc1. The Morgan fingerprint density at radius 2 is 2.04 bits per heavy atom. The van der Waals surface area contributed by atoms with Crippen LogP contribution in [0.5, 0.6) is 0 Å². The minimum Gasteiger partial charge on any atom is -0.445 e. The van der Waals surface area contributed by atoms with E-state index in [0.29, 0.717) is 5.56 Å². The number of aromatic nitrogens is 2. The molecule has 0 saturated heterocycles. The van der Waals surface area contributed by atoms with Crippen molar-refractivity contribution in [3.05, 3.63) is 65.4 Å². The monoisotopic (exact) mass is 355 g/mol. The average Bonchev–Trinajstić information content (AvgIpc) is 3.11. The second kappa shape index (κ2) is 7.99. The molecule has 0 aliphatic carbocycles. The number of fused-ring (bicyclic) bond motifs is 1. The van der Waals surface area contributed by atoms with Gasteiger partial charge in [0, 0.05) is 11.9 Å². The molecule has 0 fully saturated rings. The number of H-pyrrole nitrogens is 1. The highest BCUT2D eigenvalue weighted by atomic mass is 16.5. The molecular formula is C19H21N3O4. The maximum absolute atomic E-state index is 11.7. The number of nitrogens with zero attached hydrogens (tertiary/aromatic N) is 1. The average molecular weight is 355 g/mol. The quantitative estimate of drug-likeness (QED) is 0.542. The van der Waals surface area contributed by atoms with Gasteiger partial charge in [-0.25, -0.2) is 4.79 Å². The fourth-order valence-corrected chi connectivity index (χ4v) is 2.72. The van der Waals surface area contributed by atoms with Gasteiger partial charge in [0.2, 0.25) is 0 Å². The van der Waals surface area contributed by atoms with Gasteiger partial charge in [0.1, 0.15) is 18.8 Å². The van der Waals surface area contributed by atoms with Gasteiger partial charge in [0.25, 0.3) is 0 Å². The van der Waals surface area contributed by atoms with E-state index in [0.717, 1.165) is 22.0 Å². The van der Waals surface area contributed by atoms with Crippen LogP contribution >= 0.6 is 0 Å². The van der Waals surface area contributed by atoms with E-state index >= 15 is 0 Å². The molecule has 0 radical (unpaired) electrons. The Balaban J connectivity index is 1.54. The van der Waals surface area contributed by atoms with E-state index in [1.165, 1.54) is 0 Å². The van der Waals surface area contributed by atoms with Crippen molar-refractivity contribution < 1.29 is 19.7 Å². The highest BCUT2D eigenvalue weighted by molar-refractivity contribution is 5.79. The molecule has 26 heavy (non-hydrogen) atoms. The van der Waals surface area contributed by atoms with Crippen LogP contribution < -0.4 is 5.32 Å². The number of hydrogen-bond acceptors (Lipinski definition) is 5. The molecule has 7 heteroatoms. The van der Waals surface area contributed by atoms with E-state index in [1.807, 2.05) is 43.3 Å². The number of nitrogens with one attached hydrogen (secondary N) is 2. The molecule has 0 bridgehead atoms. The fraction of sp³-hybridized carbons (Fsp3) is 0.263. The summed E-state index contributed by atoms with van der Waals surface area (Å²) in [7, 11) is 0. The van der Waals surface area contributed by atoms with Crippen molar-refractivity contribution in [2.24, 2.45) is 0 Å². The Morgan fingerprint density at radius 1 is 1.27 bits per heavy atom. The van der Waals surface area contributed by atoms with Gasteiger partial charge in [-0.3, -0.25) is 5.10 Å². The van der Waals surface area contributed by atoms with Gasteiger partial charge in [-0.2, -0.15) is 5.10 Å². The minimum atomic E-state index is -1.16. The van der Waals surface area contributed by atoms with Crippen LogP contribution in [-0.2, 0) is 11.3 Å². The first-order chi connectivity index (χ1) is 12.5. The van der Waals surface area contributed by atoms with Crippen molar-refractivity contribution in [2.45, 2.75) is 25.7 Å². The van der Waals surface area contributed by atoms with Crippen LogP contribution in [0.2, 0.25) is 0 Å². The van der Waals surface area contributed by atoms with E-state index in [4.69, 9.17) is 4.74 Å². The van der Waals surface area contributed by atoms with Crippen LogP contribution in [0.15, 0.2) is 48.7 Å². The molecule has 0 aliphatic heterocycles. The maximum Gasteiger partial charge on any atom is 0.407 e. The molecule has 0 spiro atoms. The van der Waals surface area contributed by atoms with Gasteiger partial charge in [-0.15, -0.1) is 0 Å². The third-order valence-corrected chi connectivity index (χ3v) is 4.18. The zero-order chi connectivity index (χ0) is 18.5. The Kier molecular flexibility index (Phi) is 5.50. The second-order valence-corrected chi connectivity index (χ2v) is 6.12. The zero-order valence-corrected chi connectivity index (χ0v) is 14.3. The number of carbonyl (C=O) groups excluding carboxylic acids is 1. The van der Waals surface area contributed by atoms with Crippen LogP contribution in [0, 0.1) is 6.92 Å². The number of aliphatic hydroxyl groups is 2. The number of aliphatic hydroxyl groups excluding tert-OH is 2. The Hall–Kier alpha value is -2.90. The lowest BCUT2D eigenvalue weighted by atomic mass is 9.98. The normalized spacial score (nSPS) is 13.3. The third kappa shape index (κ3) is 4.19. The molecule has 4 N–H and O–H groups in total. The first kappa shape index (κ1) is 17.9. The molecular weight excluding hydrogens is 334 g/mol. The molecule has 0 aliphatic rings. The summed E-state index contributed by atoms with van der Waals surface area (Å²) in [5.41, 5.74) is 3.13. The number of carbonyl (C=O) groups is 1. The molecule has 1 aromatic heterocycles. The third-order valence-electron chi connectivity index (χ3n) is 4.18. The van der Waals surface area contributed by atoms with Crippen molar-refractivity contribution in [3.63, 3.8) is 0 Å². The predicted octanol–water partition coefficient (Wildman–Crippen LogP) is 2.19. The lowest BCUT2D eigenvalue weighted by molar-refractivity contribution is 0.0181. The van der Waals surface area contributed by atoms with E-state index in [2.05, 4.69) is 15.5 Å². The number of hydrogen-bond donors (Lipinski definition) is 4. The van der Waals surface area contributed by atoms with Crippen molar-refractivity contribution in [3.8, 4) is 0 Å². The van der Waals surface area contributed by atoms with Gasteiger partial charge in [0.05, 0.1) is 11.7 Å². The molecule has 1 heterocycles. The first-order valence-corrected chi connectivity index (χ1v) is 8.29. The van der Waals surface area contributed by atoms with Gasteiger partial charge in [-0.05, 0) is 35.7 Å². The summed E-state index contributed by atoms with van der Waals surface area (Å²) in [6.45, 7) is 1.85. The van der Waals surface area contributed by atoms with Crippen molar-refractivity contribution in [1.29, 1.82) is 0 Å². The van der Waals surface area contributed by atoms with Crippen molar-refractivity contribution >= 4 is 17.0 Å². The van der Waals surface area contributed by atoms with Crippen molar-refractivity contribution in [2.75, 3.05) is 6.54 Å². The molecule has 2 aromatic carbocycles. The van der Waals surface area contributed by atoms with Gasteiger partial charge < -0.3 is 20.3 Å².